The van der Waals surface area contributed by atoms with Crippen LogP contribution in [0.5, 0.6) is 0 Å². The van der Waals surface area contributed by atoms with Gasteiger partial charge in [-0.15, -0.1) is 0 Å². The fourth-order valence-electron chi connectivity index (χ4n) is 3.17. The molecule has 3 aromatic rings. The van der Waals surface area contributed by atoms with Gasteiger partial charge in [-0.05, 0) is 54.7 Å². The van der Waals surface area contributed by atoms with Crippen molar-refractivity contribution in [2.24, 2.45) is 0 Å². The van der Waals surface area contributed by atoms with Crippen LogP contribution in [0.25, 0.3) is 11.0 Å². The first-order chi connectivity index (χ1) is 14.0. The molecule has 0 radical (unpaired) electrons. The van der Waals surface area contributed by atoms with E-state index in [0.29, 0.717) is 28.5 Å². The molecule has 5 nitrogen and oxygen atoms in total. The van der Waals surface area contributed by atoms with Gasteiger partial charge in [0.05, 0.1) is 11.0 Å². The third kappa shape index (κ3) is 5.55. The monoisotopic (exact) mass is 418 g/mol. The van der Waals surface area contributed by atoms with E-state index >= 15 is 0 Å². The average molecular weight is 419 g/mol. The Morgan fingerprint density at radius 1 is 1.17 bits per heavy atom. The topological polar surface area (TPSA) is 50.2 Å². The second kappa shape index (κ2) is 9.84. The average Bonchev–Trinajstić information content (AvgIpc) is 3.02. The summed E-state index contributed by atoms with van der Waals surface area (Å²) in [5.74, 6) is -2.89. The first-order valence-corrected chi connectivity index (χ1v) is 10.4. The Bertz CT molecular complexity index is 972. The van der Waals surface area contributed by atoms with Gasteiger partial charge in [0.1, 0.15) is 6.54 Å². The molecule has 0 aliphatic heterocycles. The molecule has 1 amide bonds. The summed E-state index contributed by atoms with van der Waals surface area (Å²) in [5, 5.41) is 3.00. The molecule has 0 unspecified atom stereocenters. The highest BCUT2D eigenvalue weighted by atomic mass is 32.2. The molecule has 0 aliphatic rings. The minimum atomic E-state index is -2.61. The lowest BCUT2D eigenvalue weighted by molar-refractivity contribution is -0.116. The molecule has 0 spiro atoms. The van der Waals surface area contributed by atoms with Crippen molar-refractivity contribution in [2.75, 3.05) is 18.4 Å². The molecule has 2 aromatic carbocycles. The molecular formula is C21H24F2N4OS. The van der Waals surface area contributed by atoms with Gasteiger partial charge in [0.15, 0.2) is 5.16 Å². The molecule has 154 valence electrons. The van der Waals surface area contributed by atoms with Gasteiger partial charge >= 0.3 is 0 Å². The molecule has 1 heterocycles. The van der Waals surface area contributed by atoms with Crippen molar-refractivity contribution >= 4 is 34.4 Å². The maximum Gasteiger partial charge on any atom is 0.291 e. The van der Waals surface area contributed by atoms with Crippen molar-refractivity contribution in [3.05, 3.63) is 54.1 Å². The van der Waals surface area contributed by atoms with E-state index < -0.39 is 5.76 Å². The third-order valence-electron chi connectivity index (χ3n) is 4.63. The lowest BCUT2D eigenvalue weighted by Crippen LogP contribution is -2.22. The summed E-state index contributed by atoms with van der Waals surface area (Å²) in [6.07, 6.45) is 0. The number of para-hydroxylation sites is 2. The third-order valence-corrected chi connectivity index (χ3v) is 5.33. The van der Waals surface area contributed by atoms with E-state index in [0.717, 1.165) is 25.2 Å². The van der Waals surface area contributed by atoms with Crippen LogP contribution in [0.1, 0.15) is 19.4 Å². The van der Waals surface area contributed by atoms with E-state index in [1.165, 1.54) is 4.57 Å². The number of thioether (sulfide) groups is 1. The van der Waals surface area contributed by atoms with E-state index in [1.807, 2.05) is 24.3 Å². The molecule has 1 aromatic heterocycles. The number of halogens is 2. The van der Waals surface area contributed by atoms with Gasteiger partial charge in [-0.3, -0.25) is 9.69 Å². The van der Waals surface area contributed by atoms with Crippen LogP contribution in [-0.4, -0.2) is 39.2 Å². The fourth-order valence-corrected chi connectivity index (χ4v) is 3.77. The Kier molecular flexibility index (Phi) is 7.22. The highest BCUT2D eigenvalue weighted by Crippen LogP contribution is 2.28. The Balaban J connectivity index is 1.76. The number of nitrogens with one attached hydrogen (secondary N) is 1. The molecule has 0 fully saturated rings. The van der Waals surface area contributed by atoms with E-state index in [4.69, 9.17) is 0 Å². The van der Waals surface area contributed by atoms with E-state index in [2.05, 4.69) is 29.0 Å². The smallest absolute Gasteiger partial charge is 0.291 e. The van der Waals surface area contributed by atoms with Gasteiger partial charge in [-0.2, -0.15) is 8.78 Å². The highest BCUT2D eigenvalue weighted by Gasteiger charge is 2.18. The fraction of sp³-hybridized carbons (Fsp3) is 0.333. The summed E-state index contributed by atoms with van der Waals surface area (Å²) >= 11 is 0.346. The second-order valence-corrected chi connectivity index (χ2v) is 7.51. The van der Waals surface area contributed by atoms with Gasteiger partial charge in [-0.1, -0.05) is 38.1 Å². The number of anilines is 1. The summed E-state index contributed by atoms with van der Waals surface area (Å²) in [6.45, 7) is 6.84. The molecule has 0 atom stereocenters. The van der Waals surface area contributed by atoms with Crippen molar-refractivity contribution in [1.29, 1.82) is 0 Å². The number of carbonyl (C=O) groups is 1. The molecule has 0 saturated heterocycles. The highest BCUT2D eigenvalue weighted by molar-refractivity contribution is 7.99. The summed E-state index contributed by atoms with van der Waals surface area (Å²) in [6, 6.07) is 14.8. The Morgan fingerprint density at radius 3 is 2.66 bits per heavy atom. The molecular weight excluding hydrogens is 394 g/mol. The Morgan fingerprint density at radius 2 is 1.93 bits per heavy atom. The van der Waals surface area contributed by atoms with Crippen molar-refractivity contribution in [3.8, 4) is 0 Å². The second-order valence-electron chi connectivity index (χ2n) is 6.56. The number of hydrogen-bond acceptors (Lipinski definition) is 4. The number of hydrogen-bond donors (Lipinski definition) is 1. The standard InChI is InChI=1S/C21H24F2N4OS/c1-3-26(4-2)13-15-8-7-9-16(12-15)24-19(28)14-27-18-11-6-5-10-17(18)25-21(27)29-20(22)23/h5-12,20H,3-4,13-14H2,1-2H3,(H,24,28). The van der Waals surface area contributed by atoms with E-state index in [9.17, 15) is 13.6 Å². The summed E-state index contributed by atoms with van der Waals surface area (Å²) < 4.78 is 27.4. The number of imidazole rings is 1. The van der Waals surface area contributed by atoms with Crippen LogP contribution in [0.15, 0.2) is 53.7 Å². The normalized spacial score (nSPS) is 11.5. The minimum absolute atomic E-state index is 0.0875. The predicted octanol–water partition coefficient (Wildman–Crippen LogP) is 4.83. The van der Waals surface area contributed by atoms with Crippen LogP contribution in [-0.2, 0) is 17.9 Å². The Labute approximate surface area is 173 Å². The van der Waals surface area contributed by atoms with Crippen molar-refractivity contribution < 1.29 is 13.6 Å². The van der Waals surface area contributed by atoms with Crippen molar-refractivity contribution in [3.63, 3.8) is 0 Å². The summed E-state index contributed by atoms with van der Waals surface area (Å²) in [4.78, 5) is 19.2. The lowest BCUT2D eigenvalue weighted by atomic mass is 10.2. The van der Waals surface area contributed by atoms with Crippen LogP contribution in [0, 0.1) is 0 Å². The number of amides is 1. The first kappa shape index (κ1) is 21.3. The number of benzene rings is 2. The predicted molar refractivity (Wildman–Crippen MR) is 113 cm³/mol. The molecule has 0 bridgehead atoms. The van der Waals surface area contributed by atoms with Gasteiger partial charge in [0.25, 0.3) is 5.76 Å². The van der Waals surface area contributed by atoms with Crippen molar-refractivity contribution in [2.45, 2.75) is 37.9 Å². The molecule has 0 aliphatic carbocycles. The number of aromatic nitrogens is 2. The lowest BCUT2D eigenvalue weighted by Gasteiger charge is -2.18. The Hall–Kier alpha value is -2.45. The minimum Gasteiger partial charge on any atom is -0.325 e. The molecule has 3 rings (SSSR count). The first-order valence-electron chi connectivity index (χ1n) is 9.51. The zero-order valence-corrected chi connectivity index (χ0v) is 17.3. The zero-order chi connectivity index (χ0) is 20.8. The van der Waals surface area contributed by atoms with Crippen molar-refractivity contribution in [1.82, 2.24) is 14.5 Å². The number of fused-ring (bicyclic) bond motifs is 1. The van der Waals surface area contributed by atoms with Gasteiger partial charge in [0.2, 0.25) is 5.91 Å². The van der Waals surface area contributed by atoms with Crippen LogP contribution in [0.3, 0.4) is 0 Å². The van der Waals surface area contributed by atoms with Gasteiger partial charge < -0.3 is 9.88 Å². The maximum absolute atomic E-state index is 12.9. The molecule has 0 saturated carbocycles. The van der Waals surface area contributed by atoms with Crippen LogP contribution in [0.2, 0.25) is 0 Å². The summed E-state index contributed by atoms with van der Waals surface area (Å²) in [7, 11) is 0. The van der Waals surface area contributed by atoms with Gasteiger partial charge in [-0.25, -0.2) is 4.98 Å². The van der Waals surface area contributed by atoms with E-state index in [-0.39, 0.29) is 17.6 Å². The van der Waals surface area contributed by atoms with Gasteiger partial charge in [0, 0.05) is 12.2 Å². The van der Waals surface area contributed by atoms with Crippen LogP contribution in [0.4, 0.5) is 14.5 Å². The number of carbonyl (C=O) groups excluding carboxylic acids is 1. The quantitative estimate of drug-likeness (QED) is 0.506. The molecule has 8 heteroatoms. The molecule has 29 heavy (non-hydrogen) atoms. The maximum atomic E-state index is 12.9. The summed E-state index contributed by atoms with van der Waals surface area (Å²) in [5.41, 5.74) is 3.03. The van der Waals surface area contributed by atoms with Crippen LogP contribution >= 0.6 is 11.8 Å². The largest absolute Gasteiger partial charge is 0.325 e. The number of nitrogens with zero attached hydrogens (tertiary/aromatic N) is 3. The van der Waals surface area contributed by atoms with Crippen LogP contribution < -0.4 is 5.32 Å². The molecule has 1 N–H and O–H groups in total. The number of rotatable bonds is 9. The number of alkyl halides is 2. The SMILES string of the molecule is CCN(CC)Cc1cccc(NC(=O)Cn2c(SC(F)F)nc3ccccc32)c1. The van der Waals surface area contributed by atoms with E-state index in [1.54, 1.807) is 24.3 Å². The zero-order valence-electron chi connectivity index (χ0n) is 16.4.